The standard InChI is InChI=1S/C8H10N2O2/c1-3-9-8(10-4-1)12-7-2-5-11-6-7/h1,3-4,7H,2,5-6H2. The minimum absolute atomic E-state index is 0.132. The van der Waals surface area contributed by atoms with E-state index >= 15 is 0 Å². The van der Waals surface area contributed by atoms with Crippen LogP contribution in [0.5, 0.6) is 6.01 Å². The quantitative estimate of drug-likeness (QED) is 0.646. The van der Waals surface area contributed by atoms with Gasteiger partial charge in [-0.05, 0) is 6.07 Å². The highest BCUT2D eigenvalue weighted by atomic mass is 16.6. The van der Waals surface area contributed by atoms with E-state index in [1.165, 1.54) is 0 Å². The first-order valence-corrected chi connectivity index (χ1v) is 3.96. The van der Waals surface area contributed by atoms with Crippen LogP contribution in [0.1, 0.15) is 6.42 Å². The van der Waals surface area contributed by atoms with E-state index in [-0.39, 0.29) is 6.10 Å². The van der Waals surface area contributed by atoms with Gasteiger partial charge in [-0.2, -0.15) is 0 Å². The van der Waals surface area contributed by atoms with E-state index < -0.39 is 0 Å². The molecule has 1 saturated heterocycles. The molecule has 4 heteroatoms. The van der Waals surface area contributed by atoms with Gasteiger partial charge < -0.3 is 9.47 Å². The molecule has 0 N–H and O–H groups in total. The van der Waals surface area contributed by atoms with Crippen LogP contribution in [0.4, 0.5) is 0 Å². The smallest absolute Gasteiger partial charge is 0.316 e. The zero-order valence-electron chi connectivity index (χ0n) is 6.64. The molecule has 0 spiro atoms. The van der Waals surface area contributed by atoms with Gasteiger partial charge in [-0.3, -0.25) is 0 Å². The Balaban J connectivity index is 1.94. The van der Waals surface area contributed by atoms with Crippen LogP contribution in [0.25, 0.3) is 0 Å². The zero-order valence-corrected chi connectivity index (χ0v) is 6.64. The Hall–Kier alpha value is -1.16. The molecule has 4 nitrogen and oxygen atoms in total. The molecule has 1 aliphatic rings. The van der Waals surface area contributed by atoms with E-state index in [1.54, 1.807) is 18.5 Å². The van der Waals surface area contributed by atoms with Crippen molar-refractivity contribution >= 4 is 0 Å². The molecule has 1 aliphatic heterocycles. The molecule has 0 bridgehead atoms. The molecule has 1 unspecified atom stereocenters. The van der Waals surface area contributed by atoms with Crippen molar-refractivity contribution in [2.24, 2.45) is 0 Å². The van der Waals surface area contributed by atoms with Crippen LogP contribution in [-0.4, -0.2) is 29.3 Å². The number of rotatable bonds is 2. The van der Waals surface area contributed by atoms with Gasteiger partial charge in [-0.25, -0.2) is 9.97 Å². The lowest BCUT2D eigenvalue weighted by atomic mass is 10.3. The van der Waals surface area contributed by atoms with E-state index in [0.717, 1.165) is 13.0 Å². The average molecular weight is 166 g/mol. The van der Waals surface area contributed by atoms with Crippen molar-refractivity contribution in [3.05, 3.63) is 18.5 Å². The van der Waals surface area contributed by atoms with Crippen molar-refractivity contribution in [2.75, 3.05) is 13.2 Å². The maximum absolute atomic E-state index is 5.43. The molecule has 1 atom stereocenters. The Labute approximate surface area is 70.6 Å². The lowest BCUT2D eigenvalue weighted by molar-refractivity contribution is 0.134. The van der Waals surface area contributed by atoms with Crippen molar-refractivity contribution in [3.63, 3.8) is 0 Å². The first-order chi connectivity index (χ1) is 5.95. The summed E-state index contributed by atoms with van der Waals surface area (Å²) in [6, 6.07) is 2.20. The highest BCUT2D eigenvalue weighted by Crippen LogP contribution is 2.10. The van der Waals surface area contributed by atoms with Crippen molar-refractivity contribution in [3.8, 4) is 6.01 Å². The first-order valence-electron chi connectivity index (χ1n) is 3.96. The third-order valence-corrected chi connectivity index (χ3v) is 1.70. The van der Waals surface area contributed by atoms with Crippen LogP contribution in [-0.2, 0) is 4.74 Å². The van der Waals surface area contributed by atoms with Gasteiger partial charge in [0.25, 0.3) is 0 Å². The van der Waals surface area contributed by atoms with Crippen molar-refractivity contribution in [1.29, 1.82) is 0 Å². The molecule has 1 fully saturated rings. The van der Waals surface area contributed by atoms with Gasteiger partial charge in [0.15, 0.2) is 0 Å². The zero-order chi connectivity index (χ0) is 8.23. The minimum atomic E-state index is 0.132. The van der Waals surface area contributed by atoms with Gasteiger partial charge in [0.05, 0.1) is 13.2 Å². The second-order valence-electron chi connectivity index (χ2n) is 2.63. The third kappa shape index (κ3) is 1.71. The summed E-state index contributed by atoms with van der Waals surface area (Å²) < 4.78 is 10.6. The van der Waals surface area contributed by atoms with Crippen LogP contribution in [0.15, 0.2) is 18.5 Å². The van der Waals surface area contributed by atoms with Gasteiger partial charge in [-0.15, -0.1) is 0 Å². The second-order valence-corrected chi connectivity index (χ2v) is 2.63. The fourth-order valence-electron chi connectivity index (χ4n) is 1.10. The Morgan fingerprint density at radius 2 is 2.25 bits per heavy atom. The highest BCUT2D eigenvalue weighted by molar-refractivity contribution is 4.94. The van der Waals surface area contributed by atoms with Crippen molar-refractivity contribution < 1.29 is 9.47 Å². The lowest BCUT2D eigenvalue weighted by Gasteiger charge is -2.08. The summed E-state index contributed by atoms with van der Waals surface area (Å²) >= 11 is 0. The summed E-state index contributed by atoms with van der Waals surface area (Å²) in [5.41, 5.74) is 0. The van der Waals surface area contributed by atoms with Crippen LogP contribution in [0, 0.1) is 0 Å². The van der Waals surface area contributed by atoms with E-state index in [1.807, 2.05) is 0 Å². The molecule has 0 saturated carbocycles. The molecule has 0 amide bonds. The van der Waals surface area contributed by atoms with E-state index in [0.29, 0.717) is 12.6 Å². The molecule has 1 aromatic heterocycles. The summed E-state index contributed by atoms with van der Waals surface area (Å²) in [5.74, 6) is 0. The summed E-state index contributed by atoms with van der Waals surface area (Å²) in [5, 5.41) is 0. The van der Waals surface area contributed by atoms with Crippen LogP contribution in [0.3, 0.4) is 0 Å². The minimum Gasteiger partial charge on any atom is -0.458 e. The predicted molar refractivity (Wildman–Crippen MR) is 41.9 cm³/mol. The Morgan fingerprint density at radius 3 is 2.92 bits per heavy atom. The fraction of sp³-hybridized carbons (Fsp3) is 0.500. The van der Waals surface area contributed by atoms with Crippen molar-refractivity contribution in [2.45, 2.75) is 12.5 Å². The monoisotopic (exact) mass is 166 g/mol. The summed E-state index contributed by atoms with van der Waals surface area (Å²) in [7, 11) is 0. The lowest BCUT2D eigenvalue weighted by Crippen LogP contribution is -2.16. The Bertz CT molecular complexity index is 234. The van der Waals surface area contributed by atoms with Crippen LogP contribution in [0.2, 0.25) is 0 Å². The SMILES string of the molecule is c1cnc(OC2CCOC2)nc1. The molecule has 1 aromatic rings. The van der Waals surface area contributed by atoms with Gasteiger partial charge in [0, 0.05) is 18.8 Å². The van der Waals surface area contributed by atoms with Gasteiger partial charge in [0.2, 0.25) is 0 Å². The van der Waals surface area contributed by atoms with E-state index in [2.05, 4.69) is 9.97 Å². The van der Waals surface area contributed by atoms with Gasteiger partial charge in [0.1, 0.15) is 6.10 Å². The van der Waals surface area contributed by atoms with Crippen LogP contribution >= 0.6 is 0 Å². The molecule has 2 heterocycles. The third-order valence-electron chi connectivity index (χ3n) is 1.70. The molecule has 2 rings (SSSR count). The number of nitrogens with zero attached hydrogens (tertiary/aromatic N) is 2. The number of ether oxygens (including phenoxy) is 2. The van der Waals surface area contributed by atoms with Crippen LogP contribution < -0.4 is 4.74 Å². The summed E-state index contributed by atoms with van der Waals surface area (Å²) in [4.78, 5) is 7.91. The molecular formula is C8H10N2O2. The normalized spacial score (nSPS) is 22.5. The molecular weight excluding hydrogens is 156 g/mol. The fourth-order valence-corrected chi connectivity index (χ4v) is 1.10. The van der Waals surface area contributed by atoms with Gasteiger partial charge >= 0.3 is 6.01 Å². The maximum atomic E-state index is 5.43. The molecule has 12 heavy (non-hydrogen) atoms. The Morgan fingerprint density at radius 1 is 1.42 bits per heavy atom. The number of hydrogen-bond donors (Lipinski definition) is 0. The summed E-state index contributed by atoms with van der Waals surface area (Å²) in [6.45, 7) is 1.43. The molecule has 64 valence electrons. The topological polar surface area (TPSA) is 44.2 Å². The highest BCUT2D eigenvalue weighted by Gasteiger charge is 2.17. The Kier molecular flexibility index (Phi) is 2.18. The van der Waals surface area contributed by atoms with E-state index in [4.69, 9.17) is 9.47 Å². The predicted octanol–water partition coefficient (Wildman–Crippen LogP) is 0.644. The first kappa shape index (κ1) is 7.49. The number of aromatic nitrogens is 2. The maximum Gasteiger partial charge on any atom is 0.316 e. The average Bonchev–Trinajstić information content (AvgIpc) is 2.59. The molecule has 0 radical (unpaired) electrons. The second kappa shape index (κ2) is 3.49. The summed E-state index contributed by atoms with van der Waals surface area (Å²) in [6.07, 6.45) is 4.39. The number of hydrogen-bond acceptors (Lipinski definition) is 4. The molecule has 0 aliphatic carbocycles. The van der Waals surface area contributed by atoms with E-state index in [9.17, 15) is 0 Å². The van der Waals surface area contributed by atoms with Gasteiger partial charge in [-0.1, -0.05) is 0 Å². The molecule has 0 aromatic carbocycles. The van der Waals surface area contributed by atoms with Crippen molar-refractivity contribution in [1.82, 2.24) is 9.97 Å². The largest absolute Gasteiger partial charge is 0.458 e.